The Morgan fingerprint density at radius 2 is 1.80 bits per heavy atom. The summed E-state index contributed by atoms with van der Waals surface area (Å²) in [6, 6.07) is 15.4. The van der Waals surface area contributed by atoms with Crippen LogP contribution in [-0.4, -0.2) is 33.3 Å². The first-order valence-corrected chi connectivity index (χ1v) is 9.90. The lowest BCUT2D eigenvalue weighted by Gasteiger charge is -2.07. The maximum atomic E-state index is 12.9. The first-order chi connectivity index (χ1) is 14.5. The third-order valence-corrected chi connectivity index (χ3v) is 4.87. The number of amides is 1. The minimum absolute atomic E-state index is 0.214. The fourth-order valence-electron chi connectivity index (χ4n) is 3.22. The Kier molecular flexibility index (Phi) is 5.18. The highest BCUT2D eigenvalue weighted by molar-refractivity contribution is 6.10. The highest BCUT2D eigenvalue weighted by Gasteiger charge is 2.24. The van der Waals surface area contributed by atoms with Gasteiger partial charge in [-0.25, -0.2) is 9.97 Å². The number of benzene rings is 2. The summed E-state index contributed by atoms with van der Waals surface area (Å²) in [7, 11) is 0. The molecule has 0 aliphatic carbocycles. The fraction of sp³-hybridized carbons (Fsp3) is 0.217. The molecule has 0 saturated carbocycles. The van der Waals surface area contributed by atoms with Crippen molar-refractivity contribution in [3.63, 3.8) is 0 Å². The predicted molar refractivity (Wildman–Crippen MR) is 121 cm³/mol. The molecule has 30 heavy (non-hydrogen) atoms. The van der Waals surface area contributed by atoms with E-state index in [1.165, 1.54) is 4.68 Å². The Morgan fingerprint density at radius 1 is 1.13 bits per heavy atom. The summed E-state index contributed by atoms with van der Waals surface area (Å²) in [5.41, 5.74) is 11.0. The minimum atomic E-state index is -0.277. The van der Waals surface area contributed by atoms with Crippen LogP contribution < -0.4 is 11.1 Å². The number of aryl methyl sites for hydroxylation is 1. The Labute approximate surface area is 174 Å². The third kappa shape index (κ3) is 3.61. The first kappa shape index (κ1) is 19.6. The molecule has 0 radical (unpaired) electrons. The normalized spacial score (nSPS) is 11.7. The van der Waals surface area contributed by atoms with Crippen LogP contribution in [0.3, 0.4) is 0 Å². The van der Waals surface area contributed by atoms with Crippen LogP contribution in [-0.2, 0) is 0 Å². The molecule has 0 unspecified atom stereocenters. The molecule has 0 bridgehead atoms. The molecule has 7 nitrogen and oxygen atoms in total. The van der Waals surface area contributed by atoms with Crippen LogP contribution in [0.1, 0.15) is 35.3 Å². The second-order valence-electron chi connectivity index (χ2n) is 7.66. The number of aromatic nitrogens is 3. The molecular weight excluding hydrogens is 376 g/mol. The zero-order chi connectivity index (χ0) is 21.3. The number of nitrogens with one attached hydrogen (secondary N) is 1. The molecule has 4 aromatic rings. The van der Waals surface area contributed by atoms with Crippen LogP contribution in [0, 0.1) is 12.8 Å². The molecule has 0 saturated heterocycles. The largest absolute Gasteiger partial charge is 0.383 e. The topological polar surface area (TPSA) is 98.2 Å². The maximum absolute atomic E-state index is 12.9. The highest BCUT2D eigenvalue weighted by Crippen LogP contribution is 2.27. The Bertz CT molecular complexity index is 1270. The lowest BCUT2D eigenvalue weighted by molar-refractivity contribution is 0.0951. The Hall–Kier alpha value is -3.74. The molecule has 0 atom stereocenters. The van der Waals surface area contributed by atoms with Gasteiger partial charge in [0.05, 0.1) is 17.2 Å². The molecule has 1 amide bonds. The van der Waals surface area contributed by atoms with Gasteiger partial charge in [-0.15, -0.1) is 0 Å². The number of nitrogens with zero attached hydrogens (tertiary/aromatic N) is 4. The van der Waals surface area contributed by atoms with Crippen LogP contribution in [0.5, 0.6) is 0 Å². The summed E-state index contributed by atoms with van der Waals surface area (Å²) in [6.07, 6.45) is 1.72. The van der Waals surface area contributed by atoms with Gasteiger partial charge in [0.1, 0.15) is 16.9 Å². The molecule has 0 aliphatic heterocycles. The summed E-state index contributed by atoms with van der Waals surface area (Å²) in [5, 5.41) is 7.48. The van der Waals surface area contributed by atoms with E-state index in [0.717, 1.165) is 11.1 Å². The minimum Gasteiger partial charge on any atom is -0.383 e. The molecule has 0 aliphatic rings. The zero-order valence-electron chi connectivity index (χ0n) is 17.3. The van der Waals surface area contributed by atoms with Gasteiger partial charge >= 0.3 is 0 Å². The number of para-hydroxylation sites is 2. The van der Waals surface area contributed by atoms with E-state index in [0.29, 0.717) is 40.2 Å². The number of rotatable bonds is 5. The van der Waals surface area contributed by atoms with Crippen molar-refractivity contribution in [3.8, 4) is 0 Å². The number of hydrogen-bond donors (Lipinski definition) is 2. The summed E-state index contributed by atoms with van der Waals surface area (Å²) in [5.74, 6) is 0.251. The molecule has 2 aromatic heterocycles. The van der Waals surface area contributed by atoms with Gasteiger partial charge in [0.25, 0.3) is 5.91 Å². The number of nitrogens with two attached hydrogens (primary N) is 1. The predicted octanol–water partition coefficient (Wildman–Crippen LogP) is 3.74. The number of carbonyl (C=O) groups excluding carboxylic acids is 1. The van der Waals surface area contributed by atoms with Crippen LogP contribution in [0.2, 0.25) is 0 Å². The van der Waals surface area contributed by atoms with Crippen molar-refractivity contribution in [1.29, 1.82) is 0 Å². The van der Waals surface area contributed by atoms with Crippen molar-refractivity contribution < 1.29 is 4.79 Å². The van der Waals surface area contributed by atoms with Crippen molar-refractivity contribution in [3.05, 3.63) is 65.2 Å². The average Bonchev–Trinajstić information content (AvgIpc) is 3.00. The van der Waals surface area contributed by atoms with Crippen LogP contribution >= 0.6 is 0 Å². The van der Waals surface area contributed by atoms with Crippen molar-refractivity contribution in [2.24, 2.45) is 11.0 Å². The maximum Gasteiger partial charge on any atom is 0.257 e. The number of fused-ring (bicyclic) bond motifs is 2. The molecule has 7 heteroatoms. The lowest BCUT2D eigenvalue weighted by Crippen LogP contribution is -2.28. The molecule has 2 heterocycles. The van der Waals surface area contributed by atoms with E-state index in [1.807, 2.05) is 69.3 Å². The molecular formula is C23H24N6O. The van der Waals surface area contributed by atoms with Gasteiger partial charge < -0.3 is 11.1 Å². The van der Waals surface area contributed by atoms with E-state index >= 15 is 0 Å². The zero-order valence-corrected chi connectivity index (χ0v) is 17.3. The van der Waals surface area contributed by atoms with Crippen molar-refractivity contribution in [2.45, 2.75) is 20.8 Å². The average molecular weight is 400 g/mol. The van der Waals surface area contributed by atoms with Gasteiger partial charge in [-0.05, 0) is 36.1 Å². The van der Waals surface area contributed by atoms with E-state index in [4.69, 9.17) is 10.7 Å². The standard InChI is InChI=1S/C23H24N6O/c1-14(2)12-25-23(30)19-20-22(28-18-11-7-6-10-17(18)27-20)29(21(19)24)26-13-16-9-5-4-8-15(16)3/h4-11,13-14H,12,24H2,1-3H3,(H,25,30)/b26-13-. The van der Waals surface area contributed by atoms with Crippen LogP contribution in [0.25, 0.3) is 22.2 Å². The molecule has 0 fully saturated rings. The Morgan fingerprint density at radius 3 is 2.50 bits per heavy atom. The quantitative estimate of drug-likeness (QED) is 0.499. The summed E-state index contributed by atoms with van der Waals surface area (Å²) >= 11 is 0. The molecule has 152 valence electrons. The van der Waals surface area contributed by atoms with Gasteiger partial charge in [-0.3, -0.25) is 4.79 Å². The molecule has 4 rings (SSSR count). The SMILES string of the molecule is Cc1ccccc1/C=N\n1c(N)c(C(=O)NCC(C)C)c2nc3ccccc3nc21. The number of anilines is 1. The summed E-state index contributed by atoms with van der Waals surface area (Å²) in [4.78, 5) is 22.3. The number of nitrogen functional groups attached to an aromatic ring is 1. The summed E-state index contributed by atoms with van der Waals surface area (Å²) in [6.45, 7) is 6.62. The van der Waals surface area contributed by atoms with E-state index in [2.05, 4.69) is 15.4 Å². The van der Waals surface area contributed by atoms with Crippen molar-refractivity contribution in [1.82, 2.24) is 20.0 Å². The second-order valence-corrected chi connectivity index (χ2v) is 7.66. The van der Waals surface area contributed by atoms with Crippen LogP contribution in [0.4, 0.5) is 5.82 Å². The van der Waals surface area contributed by atoms with Crippen molar-refractivity contribution in [2.75, 3.05) is 12.3 Å². The second kappa shape index (κ2) is 7.94. The third-order valence-electron chi connectivity index (χ3n) is 4.87. The van der Waals surface area contributed by atoms with Gasteiger partial charge in [0, 0.05) is 6.54 Å². The van der Waals surface area contributed by atoms with Gasteiger partial charge in [0.15, 0.2) is 5.65 Å². The fourth-order valence-corrected chi connectivity index (χ4v) is 3.22. The first-order valence-electron chi connectivity index (χ1n) is 9.90. The van der Waals surface area contributed by atoms with Crippen molar-refractivity contribution >= 4 is 40.1 Å². The van der Waals surface area contributed by atoms with Gasteiger partial charge in [-0.1, -0.05) is 50.2 Å². The lowest BCUT2D eigenvalue weighted by atomic mass is 10.1. The highest BCUT2D eigenvalue weighted by atomic mass is 16.1. The van der Waals surface area contributed by atoms with Gasteiger partial charge in [0.2, 0.25) is 0 Å². The number of carbonyl (C=O) groups is 1. The van der Waals surface area contributed by atoms with Crippen LogP contribution in [0.15, 0.2) is 53.6 Å². The monoisotopic (exact) mass is 400 g/mol. The molecule has 0 spiro atoms. The molecule has 3 N–H and O–H groups in total. The Balaban J connectivity index is 1.90. The molecule has 2 aromatic carbocycles. The van der Waals surface area contributed by atoms with E-state index in [-0.39, 0.29) is 11.7 Å². The summed E-state index contributed by atoms with van der Waals surface area (Å²) < 4.78 is 1.49. The van der Waals surface area contributed by atoms with Gasteiger partial charge in [-0.2, -0.15) is 9.78 Å². The van der Waals surface area contributed by atoms with E-state index in [1.54, 1.807) is 6.21 Å². The van der Waals surface area contributed by atoms with E-state index < -0.39 is 0 Å². The van der Waals surface area contributed by atoms with E-state index in [9.17, 15) is 4.79 Å². The number of hydrogen-bond acceptors (Lipinski definition) is 5. The smallest absolute Gasteiger partial charge is 0.257 e.